The first kappa shape index (κ1) is 29.0. The Hall–Kier alpha value is -6.91. The fraction of sp³-hybridized carbons (Fsp3) is 0. The smallest absolute Gasteiger partial charge is 0.227 e. The van der Waals surface area contributed by atoms with Gasteiger partial charge in [0.2, 0.25) is 5.89 Å². The highest BCUT2D eigenvalue weighted by atomic mass is 16.4. The standard InChI is InChI=1S/C47H30N2O2/c1-3-12-33(13-4-1)39-17-9-10-18-42(39)49(37-23-21-32(22-24-37)36-20-19-31-11-7-8-16-35(31)29-36)38-25-26-40-44(30-38)50-43-28-27-41-46(45(40)43)51-47(48-41)34-14-5-2-6-15-34/h1-30H. The number of furan rings is 1. The summed E-state index contributed by atoms with van der Waals surface area (Å²) in [5, 5.41) is 4.39. The summed E-state index contributed by atoms with van der Waals surface area (Å²) < 4.78 is 13.0. The Balaban J connectivity index is 1.12. The summed E-state index contributed by atoms with van der Waals surface area (Å²) in [6, 6.07) is 63.5. The van der Waals surface area contributed by atoms with E-state index in [9.17, 15) is 0 Å². The van der Waals surface area contributed by atoms with E-state index in [1.54, 1.807) is 0 Å². The van der Waals surface area contributed by atoms with Gasteiger partial charge >= 0.3 is 0 Å². The molecule has 0 aliphatic carbocycles. The SMILES string of the molecule is c1ccc(-c2nc3ccc4oc5cc(N(c6ccc(-c7ccc8ccccc8c7)cc6)c6ccccc6-c6ccccc6)ccc5c4c3o2)cc1. The second-order valence-corrected chi connectivity index (χ2v) is 12.8. The van der Waals surface area contributed by atoms with Crippen LogP contribution in [0.5, 0.6) is 0 Å². The van der Waals surface area contributed by atoms with Crippen molar-refractivity contribution in [2.75, 3.05) is 4.90 Å². The lowest BCUT2D eigenvalue weighted by atomic mass is 9.99. The molecule has 0 saturated heterocycles. The second kappa shape index (κ2) is 11.9. The van der Waals surface area contributed by atoms with E-state index in [2.05, 4.69) is 144 Å². The first-order valence-electron chi connectivity index (χ1n) is 17.1. The van der Waals surface area contributed by atoms with Gasteiger partial charge in [0.05, 0.1) is 11.1 Å². The first-order chi connectivity index (χ1) is 25.3. The van der Waals surface area contributed by atoms with Gasteiger partial charge in [-0.2, -0.15) is 0 Å². The minimum atomic E-state index is 0.597. The van der Waals surface area contributed by atoms with Gasteiger partial charge in [-0.3, -0.25) is 0 Å². The van der Waals surface area contributed by atoms with Crippen LogP contribution in [-0.2, 0) is 0 Å². The number of hydrogen-bond acceptors (Lipinski definition) is 4. The number of fused-ring (bicyclic) bond motifs is 6. The Morgan fingerprint density at radius 2 is 1.12 bits per heavy atom. The largest absolute Gasteiger partial charge is 0.456 e. The molecule has 0 fully saturated rings. The number of aromatic nitrogens is 1. The molecule has 0 saturated carbocycles. The highest BCUT2D eigenvalue weighted by molar-refractivity contribution is 6.17. The average Bonchev–Trinajstić information content (AvgIpc) is 3.81. The number of benzene rings is 8. The van der Waals surface area contributed by atoms with Crippen molar-refractivity contribution in [2.24, 2.45) is 0 Å². The van der Waals surface area contributed by atoms with Gasteiger partial charge in [0.25, 0.3) is 0 Å². The number of rotatable bonds is 6. The molecule has 0 aliphatic rings. The molecule has 0 aliphatic heterocycles. The van der Waals surface area contributed by atoms with Gasteiger partial charge in [0.15, 0.2) is 5.58 Å². The average molecular weight is 655 g/mol. The van der Waals surface area contributed by atoms with Gasteiger partial charge in [-0.25, -0.2) is 4.98 Å². The third kappa shape index (κ3) is 5.04. The molecule has 0 unspecified atom stereocenters. The van der Waals surface area contributed by atoms with E-state index in [1.165, 1.54) is 21.9 Å². The lowest BCUT2D eigenvalue weighted by molar-refractivity contribution is 0.622. The van der Waals surface area contributed by atoms with Gasteiger partial charge < -0.3 is 13.7 Å². The van der Waals surface area contributed by atoms with Crippen molar-refractivity contribution in [3.05, 3.63) is 182 Å². The fourth-order valence-corrected chi connectivity index (χ4v) is 7.21. The lowest BCUT2D eigenvalue weighted by Gasteiger charge is -2.28. The summed E-state index contributed by atoms with van der Waals surface area (Å²) in [7, 11) is 0. The number of nitrogens with zero attached hydrogens (tertiary/aromatic N) is 2. The van der Waals surface area contributed by atoms with Crippen molar-refractivity contribution in [3.63, 3.8) is 0 Å². The summed E-state index contributed by atoms with van der Waals surface area (Å²) in [6.45, 7) is 0. The first-order valence-corrected chi connectivity index (χ1v) is 17.1. The minimum Gasteiger partial charge on any atom is -0.456 e. The van der Waals surface area contributed by atoms with Crippen molar-refractivity contribution >= 4 is 60.9 Å². The second-order valence-electron chi connectivity index (χ2n) is 12.8. The van der Waals surface area contributed by atoms with Crippen molar-refractivity contribution in [1.82, 2.24) is 4.98 Å². The van der Waals surface area contributed by atoms with Gasteiger partial charge in [-0.15, -0.1) is 0 Å². The Morgan fingerprint density at radius 1 is 0.431 bits per heavy atom. The van der Waals surface area contributed by atoms with Gasteiger partial charge in [0, 0.05) is 34.0 Å². The zero-order valence-electron chi connectivity index (χ0n) is 27.5. The van der Waals surface area contributed by atoms with E-state index < -0.39 is 0 Å². The maximum Gasteiger partial charge on any atom is 0.227 e. The van der Waals surface area contributed by atoms with Crippen LogP contribution in [0.15, 0.2) is 191 Å². The van der Waals surface area contributed by atoms with Crippen LogP contribution in [0.3, 0.4) is 0 Å². The molecule has 0 amide bonds. The summed E-state index contributed by atoms with van der Waals surface area (Å²) in [4.78, 5) is 7.13. The minimum absolute atomic E-state index is 0.597. The predicted octanol–water partition coefficient (Wildman–Crippen LogP) is 13.4. The van der Waals surface area contributed by atoms with Crippen LogP contribution in [0.4, 0.5) is 17.1 Å². The van der Waals surface area contributed by atoms with E-state index in [-0.39, 0.29) is 0 Å². The zero-order valence-corrected chi connectivity index (χ0v) is 27.5. The Bertz CT molecular complexity index is 2850. The third-order valence-corrected chi connectivity index (χ3v) is 9.69. The maximum atomic E-state index is 6.55. The summed E-state index contributed by atoms with van der Waals surface area (Å²) in [6.07, 6.45) is 0. The lowest BCUT2D eigenvalue weighted by Crippen LogP contribution is -2.11. The Kier molecular flexibility index (Phi) is 6.78. The molecule has 0 spiro atoms. The van der Waals surface area contributed by atoms with Crippen LogP contribution in [0.2, 0.25) is 0 Å². The van der Waals surface area contributed by atoms with Crippen LogP contribution in [0.1, 0.15) is 0 Å². The molecular weight excluding hydrogens is 625 g/mol. The van der Waals surface area contributed by atoms with Crippen molar-refractivity contribution in [1.29, 1.82) is 0 Å². The van der Waals surface area contributed by atoms with Crippen LogP contribution in [0.25, 0.3) is 77.5 Å². The molecule has 2 heterocycles. The maximum absolute atomic E-state index is 6.55. The van der Waals surface area contributed by atoms with Crippen LogP contribution >= 0.6 is 0 Å². The number of oxazole rings is 1. The topological polar surface area (TPSA) is 42.4 Å². The quantitative estimate of drug-likeness (QED) is 0.179. The molecule has 51 heavy (non-hydrogen) atoms. The molecule has 240 valence electrons. The van der Waals surface area contributed by atoms with Gasteiger partial charge in [-0.05, 0) is 88.1 Å². The van der Waals surface area contributed by atoms with E-state index in [4.69, 9.17) is 13.8 Å². The number of para-hydroxylation sites is 1. The molecule has 4 nitrogen and oxygen atoms in total. The van der Waals surface area contributed by atoms with E-state index in [1.807, 2.05) is 42.5 Å². The monoisotopic (exact) mass is 654 g/mol. The molecule has 4 heteroatoms. The molecule has 0 bridgehead atoms. The third-order valence-electron chi connectivity index (χ3n) is 9.69. The summed E-state index contributed by atoms with van der Waals surface area (Å²) >= 11 is 0. The molecule has 8 aromatic carbocycles. The van der Waals surface area contributed by atoms with Crippen LogP contribution in [-0.4, -0.2) is 4.98 Å². The molecule has 10 rings (SSSR count). The predicted molar refractivity (Wildman–Crippen MR) is 210 cm³/mol. The Morgan fingerprint density at radius 3 is 1.94 bits per heavy atom. The van der Waals surface area contributed by atoms with E-state index in [0.29, 0.717) is 5.89 Å². The molecule has 0 N–H and O–H groups in total. The highest BCUT2D eigenvalue weighted by Gasteiger charge is 2.21. The Labute approximate surface area is 294 Å². The summed E-state index contributed by atoms with van der Waals surface area (Å²) in [5.41, 5.74) is 11.8. The van der Waals surface area contributed by atoms with E-state index >= 15 is 0 Å². The van der Waals surface area contributed by atoms with Crippen molar-refractivity contribution < 1.29 is 8.83 Å². The number of anilines is 3. The normalized spacial score (nSPS) is 11.5. The van der Waals surface area contributed by atoms with Crippen LogP contribution < -0.4 is 4.90 Å². The van der Waals surface area contributed by atoms with Gasteiger partial charge in [0.1, 0.15) is 16.7 Å². The van der Waals surface area contributed by atoms with E-state index in [0.717, 1.165) is 66.8 Å². The molecule has 2 aromatic heterocycles. The van der Waals surface area contributed by atoms with Crippen LogP contribution in [0, 0.1) is 0 Å². The van der Waals surface area contributed by atoms with Crippen molar-refractivity contribution in [3.8, 4) is 33.7 Å². The molecule has 0 atom stereocenters. The fourth-order valence-electron chi connectivity index (χ4n) is 7.21. The number of hydrogen-bond donors (Lipinski definition) is 0. The molecule has 10 aromatic rings. The van der Waals surface area contributed by atoms with Crippen molar-refractivity contribution in [2.45, 2.75) is 0 Å². The molecule has 0 radical (unpaired) electrons. The highest BCUT2D eigenvalue weighted by Crippen LogP contribution is 2.44. The summed E-state index contributed by atoms with van der Waals surface area (Å²) in [5.74, 6) is 0.597. The molecular formula is C47H30N2O2. The van der Waals surface area contributed by atoms with Gasteiger partial charge in [-0.1, -0.05) is 115 Å². The zero-order chi connectivity index (χ0) is 33.7.